The molecule has 0 fully saturated rings. The minimum Gasteiger partial charge on any atom is -0.545 e. The quantitative estimate of drug-likeness (QED) is 0.389. The van der Waals surface area contributed by atoms with Crippen LogP contribution in [-0.2, 0) is 5.41 Å². The normalized spacial score (nSPS) is 8.85. The summed E-state index contributed by atoms with van der Waals surface area (Å²) in [4.78, 5) is 0. The summed E-state index contributed by atoms with van der Waals surface area (Å²) in [5.74, 6) is 0. The van der Waals surface area contributed by atoms with E-state index >= 15 is 0 Å². The zero-order valence-corrected chi connectivity index (χ0v) is 24.4. The molecule has 54 valence electrons. The van der Waals surface area contributed by atoms with Crippen molar-refractivity contribution in [3.8, 4) is 0 Å². The molecular formula is C10H11Rb3. The van der Waals surface area contributed by atoms with Gasteiger partial charge >= 0.3 is 175 Å². The third kappa shape index (κ3) is 10.3. The zero-order chi connectivity index (χ0) is 7.61. The summed E-state index contributed by atoms with van der Waals surface area (Å²) in [6.45, 7) is 6.44. The Morgan fingerprint density at radius 3 is 1.54 bits per heavy atom. The molecule has 0 aliphatic heterocycles. The molecule has 1 rings (SSSR count). The van der Waals surface area contributed by atoms with E-state index in [4.69, 9.17) is 0 Å². The minimum atomic E-state index is 0. The standard InChI is InChI=1S/C10H11.3Rb/c1-10(2,3)9-7-5-4-6-8-9;;;/h5-6H,1-3H3;;;/q-3;3*+1. The summed E-state index contributed by atoms with van der Waals surface area (Å²) in [6.07, 6.45) is 0. The molecule has 0 aliphatic carbocycles. The number of hydrogen-bond donors (Lipinski definition) is 0. The molecule has 0 N–H and O–H groups in total. The molecular weight excluding hydrogens is 377 g/mol. The summed E-state index contributed by atoms with van der Waals surface area (Å²) in [5.41, 5.74) is 1.28. The Morgan fingerprint density at radius 2 is 1.31 bits per heavy atom. The van der Waals surface area contributed by atoms with Crippen molar-refractivity contribution in [1.82, 2.24) is 0 Å². The van der Waals surface area contributed by atoms with Gasteiger partial charge in [-0.2, -0.15) is 0 Å². The topological polar surface area (TPSA) is 0 Å². The Labute approximate surface area is 229 Å². The van der Waals surface area contributed by atoms with Crippen molar-refractivity contribution in [2.24, 2.45) is 0 Å². The summed E-state index contributed by atoms with van der Waals surface area (Å²) in [6, 6.07) is 12.7. The molecule has 0 heterocycles. The molecule has 0 radical (unpaired) electrons. The summed E-state index contributed by atoms with van der Waals surface area (Å²) >= 11 is 0. The molecule has 13 heavy (non-hydrogen) atoms. The van der Waals surface area contributed by atoms with Crippen molar-refractivity contribution < 1.29 is 175 Å². The Bertz CT molecular complexity index is 201. The van der Waals surface area contributed by atoms with Gasteiger partial charge in [-0.1, -0.05) is 26.2 Å². The van der Waals surface area contributed by atoms with Crippen LogP contribution in [0.2, 0.25) is 0 Å². The molecule has 0 aliphatic rings. The minimum absolute atomic E-state index is 0. The molecule has 0 saturated carbocycles. The van der Waals surface area contributed by atoms with E-state index in [1.807, 2.05) is 0 Å². The van der Waals surface area contributed by atoms with E-state index in [0.717, 1.165) is 5.56 Å². The van der Waals surface area contributed by atoms with Crippen molar-refractivity contribution >= 4 is 0 Å². The van der Waals surface area contributed by atoms with E-state index in [9.17, 15) is 0 Å². The van der Waals surface area contributed by atoms with Gasteiger partial charge in [0.2, 0.25) is 0 Å². The Morgan fingerprint density at radius 1 is 0.923 bits per heavy atom. The molecule has 0 spiro atoms. The molecule has 0 aromatic heterocycles. The van der Waals surface area contributed by atoms with Crippen LogP contribution < -0.4 is 175 Å². The average Bonchev–Trinajstić information content (AvgIpc) is 1.88. The monoisotopic (exact) mass is 386 g/mol. The molecule has 1 aromatic carbocycles. The Balaban J connectivity index is -0.000000333. The van der Waals surface area contributed by atoms with Gasteiger partial charge in [0.15, 0.2) is 0 Å². The fourth-order valence-electron chi connectivity index (χ4n) is 0.744. The molecule has 0 unspecified atom stereocenters. The van der Waals surface area contributed by atoms with E-state index in [1.54, 1.807) is 12.1 Å². The van der Waals surface area contributed by atoms with Gasteiger partial charge in [0, 0.05) is 0 Å². The molecule has 0 saturated heterocycles. The number of rotatable bonds is 0. The van der Waals surface area contributed by atoms with Crippen LogP contribution in [-0.4, -0.2) is 0 Å². The largest absolute Gasteiger partial charge is 1.00 e. The van der Waals surface area contributed by atoms with E-state index in [-0.39, 0.29) is 180 Å². The first-order valence-electron chi connectivity index (χ1n) is 3.40. The maximum Gasteiger partial charge on any atom is 1.00 e. The first kappa shape index (κ1) is 22.8. The second-order valence-electron chi connectivity index (χ2n) is 3.37. The zero-order valence-electron chi connectivity index (χ0n) is 9.65. The second kappa shape index (κ2) is 11.7. The van der Waals surface area contributed by atoms with Gasteiger partial charge in [-0.15, -0.1) is 0 Å². The van der Waals surface area contributed by atoms with Crippen LogP contribution in [0.25, 0.3) is 0 Å². The van der Waals surface area contributed by atoms with Crippen LogP contribution in [0.15, 0.2) is 12.1 Å². The molecule has 3 heteroatoms. The molecule has 0 bridgehead atoms. The number of hydrogen-bond acceptors (Lipinski definition) is 0. The molecule has 0 atom stereocenters. The van der Waals surface area contributed by atoms with Crippen LogP contribution in [0.3, 0.4) is 0 Å². The predicted molar refractivity (Wildman–Crippen MR) is 41.7 cm³/mol. The van der Waals surface area contributed by atoms with E-state index in [2.05, 4.69) is 39.0 Å². The average molecular weight is 388 g/mol. The van der Waals surface area contributed by atoms with Gasteiger partial charge in [-0.05, 0) is 0 Å². The van der Waals surface area contributed by atoms with E-state index in [0.29, 0.717) is 0 Å². The van der Waals surface area contributed by atoms with E-state index < -0.39 is 0 Å². The van der Waals surface area contributed by atoms with Crippen molar-refractivity contribution in [3.63, 3.8) is 0 Å². The van der Waals surface area contributed by atoms with E-state index in [1.165, 1.54) is 0 Å². The Hall–Kier alpha value is 4.64. The fourth-order valence-corrected chi connectivity index (χ4v) is 0.744. The van der Waals surface area contributed by atoms with Gasteiger partial charge < -0.3 is 35.9 Å². The van der Waals surface area contributed by atoms with Gasteiger partial charge in [-0.3, -0.25) is 0 Å². The maximum atomic E-state index is 3.10. The van der Waals surface area contributed by atoms with Crippen molar-refractivity contribution in [2.75, 3.05) is 0 Å². The smallest absolute Gasteiger partial charge is 0.545 e. The Kier molecular flexibility index (Phi) is 20.5. The van der Waals surface area contributed by atoms with Crippen LogP contribution in [0.5, 0.6) is 0 Å². The number of benzene rings is 1. The van der Waals surface area contributed by atoms with Crippen molar-refractivity contribution in [3.05, 3.63) is 35.9 Å². The van der Waals surface area contributed by atoms with Gasteiger partial charge in [0.05, 0.1) is 0 Å². The van der Waals surface area contributed by atoms with Crippen LogP contribution >= 0.6 is 0 Å². The van der Waals surface area contributed by atoms with Gasteiger partial charge in [0.1, 0.15) is 0 Å². The maximum absolute atomic E-state index is 3.10. The summed E-state index contributed by atoms with van der Waals surface area (Å²) in [7, 11) is 0. The summed E-state index contributed by atoms with van der Waals surface area (Å²) in [5, 5.41) is 0. The first-order valence-corrected chi connectivity index (χ1v) is 3.40. The van der Waals surface area contributed by atoms with Crippen LogP contribution in [0.1, 0.15) is 26.3 Å². The second-order valence-corrected chi connectivity index (χ2v) is 3.37. The first-order chi connectivity index (χ1) is 4.61. The van der Waals surface area contributed by atoms with Crippen molar-refractivity contribution in [1.29, 1.82) is 0 Å². The third-order valence-electron chi connectivity index (χ3n) is 1.35. The molecule has 1 aromatic rings. The summed E-state index contributed by atoms with van der Waals surface area (Å²) < 4.78 is 0. The molecule has 0 nitrogen and oxygen atoms in total. The van der Waals surface area contributed by atoms with Gasteiger partial charge in [-0.25, -0.2) is 0 Å². The molecule has 0 amide bonds. The predicted octanol–water partition coefficient (Wildman–Crippen LogP) is -6.60. The fraction of sp³-hybridized carbons (Fsp3) is 0.400. The van der Waals surface area contributed by atoms with Gasteiger partial charge in [0.25, 0.3) is 0 Å². The van der Waals surface area contributed by atoms with Crippen LogP contribution in [0, 0.1) is 18.2 Å². The third-order valence-corrected chi connectivity index (χ3v) is 1.35. The van der Waals surface area contributed by atoms with Crippen molar-refractivity contribution in [2.45, 2.75) is 26.2 Å². The van der Waals surface area contributed by atoms with Crippen LogP contribution in [0.4, 0.5) is 0 Å². The SMILES string of the molecule is CC(C)(C)c1[c-]c[c-]c[c-]1.[Rb+].[Rb+].[Rb+].